The highest BCUT2D eigenvalue weighted by molar-refractivity contribution is 5.09. The van der Waals surface area contributed by atoms with Crippen LogP contribution in [0.3, 0.4) is 0 Å². The SMILES string of the molecule is CC1(C)CCNCCN1Cc1cccnc1. The van der Waals surface area contributed by atoms with Gasteiger partial charge in [0.15, 0.2) is 0 Å². The van der Waals surface area contributed by atoms with Gasteiger partial charge in [-0.05, 0) is 38.4 Å². The minimum atomic E-state index is 0.277. The third-order valence-electron chi connectivity index (χ3n) is 3.42. The second-order valence-electron chi connectivity index (χ2n) is 5.10. The van der Waals surface area contributed by atoms with E-state index in [0.29, 0.717) is 0 Å². The topological polar surface area (TPSA) is 28.2 Å². The number of nitrogens with zero attached hydrogens (tertiary/aromatic N) is 2. The second kappa shape index (κ2) is 4.93. The molecule has 0 bridgehead atoms. The Morgan fingerprint density at radius 3 is 3.06 bits per heavy atom. The first kappa shape index (κ1) is 11.6. The molecule has 0 amide bonds. The molecule has 1 N–H and O–H groups in total. The Kier molecular flexibility index (Phi) is 3.56. The van der Waals surface area contributed by atoms with Gasteiger partial charge in [-0.25, -0.2) is 0 Å². The molecule has 0 spiro atoms. The van der Waals surface area contributed by atoms with Crippen molar-refractivity contribution in [3.8, 4) is 0 Å². The summed E-state index contributed by atoms with van der Waals surface area (Å²) in [5, 5.41) is 3.46. The van der Waals surface area contributed by atoms with Crippen LogP contribution < -0.4 is 5.32 Å². The van der Waals surface area contributed by atoms with Crippen molar-refractivity contribution < 1.29 is 0 Å². The molecule has 1 fully saturated rings. The monoisotopic (exact) mass is 219 g/mol. The molecule has 0 aromatic carbocycles. The van der Waals surface area contributed by atoms with Gasteiger partial charge in [0.25, 0.3) is 0 Å². The van der Waals surface area contributed by atoms with Crippen LogP contribution in [0.4, 0.5) is 0 Å². The van der Waals surface area contributed by atoms with Crippen molar-refractivity contribution in [1.82, 2.24) is 15.2 Å². The van der Waals surface area contributed by atoms with E-state index in [9.17, 15) is 0 Å². The van der Waals surface area contributed by atoms with Gasteiger partial charge < -0.3 is 5.32 Å². The van der Waals surface area contributed by atoms with Crippen LogP contribution in [-0.4, -0.2) is 35.1 Å². The first-order chi connectivity index (χ1) is 7.68. The summed E-state index contributed by atoms with van der Waals surface area (Å²) in [4.78, 5) is 6.72. The molecule has 88 valence electrons. The first-order valence-corrected chi connectivity index (χ1v) is 6.03. The van der Waals surface area contributed by atoms with Gasteiger partial charge in [0.1, 0.15) is 0 Å². The van der Waals surface area contributed by atoms with Crippen LogP contribution in [0.2, 0.25) is 0 Å². The Labute approximate surface area is 97.9 Å². The fourth-order valence-electron chi connectivity index (χ4n) is 2.20. The van der Waals surface area contributed by atoms with Gasteiger partial charge in [0.05, 0.1) is 0 Å². The third kappa shape index (κ3) is 2.80. The maximum absolute atomic E-state index is 4.18. The molecule has 16 heavy (non-hydrogen) atoms. The molecular formula is C13H21N3. The quantitative estimate of drug-likeness (QED) is 0.820. The standard InChI is InChI=1S/C13H21N3/c1-13(2)5-7-14-8-9-16(13)11-12-4-3-6-15-10-12/h3-4,6,10,14H,5,7-9,11H2,1-2H3. The van der Waals surface area contributed by atoms with Crippen molar-refractivity contribution in [2.45, 2.75) is 32.4 Å². The van der Waals surface area contributed by atoms with Gasteiger partial charge in [-0.3, -0.25) is 9.88 Å². The minimum absolute atomic E-state index is 0.277. The highest BCUT2D eigenvalue weighted by Crippen LogP contribution is 2.21. The molecule has 1 aliphatic rings. The maximum atomic E-state index is 4.18. The van der Waals surface area contributed by atoms with Gasteiger partial charge in [0.2, 0.25) is 0 Å². The zero-order chi connectivity index (χ0) is 11.4. The summed E-state index contributed by atoms with van der Waals surface area (Å²) in [5.41, 5.74) is 1.58. The van der Waals surface area contributed by atoms with E-state index < -0.39 is 0 Å². The fourth-order valence-corrected chi connectivity index (χ4v) is 2.20. The van der Waals surface area contributed by atoms with Gasteiger partial charge >= 0.3 is 0 Å². The zero-order valence-electron chi connectivity index (χ0n) is 10.2. The average molecular weight is 219 g/mol. The minimum Gasteiger partial charge on any atom is -0.315 e. The number of hydrogen-bond acceptors (Lipinski definition) is 3. The van der Waals surface area contributed by atoms with Crippen LogP contribution in [0.5, 0.6) is 0 Å². The Hall–Kier alpha value is -0.930. The lowest BCUT2D eigenvalue weighted by molar-refractivity contribution is 0.120. The second-order valence-corrected chi connectivity index (χ2v) is 5.10. The van der Waals surface area contributed by atoms with E-state index in [1.165, 1.54) is 12.0 Å². The van der Waals surface area contributed by atoms with Crippen LogP contribution in [0.15, 0.2) is 24.5 Å². The predicted molar refractivity (Wildman–Crippen MR) is 66.2 cm³/mol. The molecule has 2 rings (SSSR count). The zero-order valence-corrected chi connectivity index (χ0v) is 10.2. The normalized spacial score (nSPS) is 21.6. The summed E-state index contributed by atoms with van der Waals surface area (Å²) in [5.74, 6) is 0. The van der Waals surface area contributed by atoms with Gasteiger partial charge in [0, 0.05) is 37.6 Å². The summed E-state index contributed by atoms with van der Waals surface area (Å²) >= 11 is 0. The molecule has 0 atom stereocenters. The molecule has 0 radical (unpaired) electrons. The molecule has 1 aliphatic heterocycles. The number of hydrogen-bond donors (Lipinski definition) is 1. The van der Waals surface area contributed by atoms with E-state index in [2.05, 4.69) is 35.1 Å². The van der Waals surface area contributed by atoms with E-state index in [0.717, 1.165) is 26.2 Å². The van der Waals surface area contributed by atoms with Crippen LogP contribution in [0.25, 0.3) is 0 Å². The number of nitrogens with one attached hydrogen (secondary N) is 1. The van der Waals surface area contributed by atoms with E-state index >= 15 is 0 Å². The molecule has 1 aromatic heterocycles. The summed E-state index contributed by atoms with van der Waals surface area (Å²) in [7, 11) is 0. The molecule has 3 heteroatoms. The molecule has 1 saturated heterocycles. The van der Waals surface area contributed by atoms with Crippen molar-refractivity contribution in [3.05, 3.63) is 30.1 Å². The summed E-state index contributed by atoms with van der Waals surface area (Å²) in [6.45, 7) is 8.98. The Balaban J connectivity index is 2.07. The van der Waals surface area contributed by atoms with Crippen molar-refractivity contribution in [3.63, 3.8) is 0 Å². The van der Waals surface area contributed by atoms with Crippen LogP contribution in [-0.2, 0) is 6.54 Å². The number of rotatable bonds is 2. The van der Waals surface area contributed by atoms with Crippen LogP contribution in [0.1, 0.15) is 25.8 Å². The van der Waals surface area contributed by atoms with Crippen LogP contribution in [0, 0.1) is 0 Å². The average Bonchev–Trinajstić information content (AvgIpc) is 2.43. The third-order valence-corrected chi connectivity index (χ3v) is 3.42. The molecule has 3 nitrogen and oxygen atoms in total. The molecule has 0 aliphatic carbocycles. The molecule has 0 saturated carbocycles. The van der Waals surface area contributed by atoms with Crippen molar-refractivity contribution in [2.75, 3.05) is 19.6 Å². The van der Waals surface area contributed by atoms with E-state index in [4.69, 9.17) is 0 Å². The van der Waals surface area contributed by atoms with Gasteiger partial charge in [-0.2, -0.15) is 0 Å². The molecule has 1 aromatic rings. The van der Waals surface area contributed by atoms with Crippen molar-refractivity contribution in [1.29, 1.82) is 0 Å². The fraction of sp³-hybridized carbons (Fsp3) is 0.615. The summed E-state index contributed by atoms with van der Waals surface area (Å²) in [6.07, 6.45) is 5.00. The maximum Gasteiger partial charge on any atom is 0.0312 e. The summed E-state index contributed by atoms with van der Waals surface area (Å²) in [6, 6.07) is 4.17. The lowest BCUT2D eigenvalue weighted by Crippen LogP contribution is -2.43. The lowest BCUT2D eigenvalue weighted by Gasteiger charge is -2.36. The number of aromatic nitrogens is 1. The van der Waals surface area contributed by atoms with Crippen LogP contribution >= 0.6 is 0 Å². The first-order valence-electron chi connectivity index (χ1n) is 6.03. The van der Waals surface area contributed by atoms with E-state index in [1.807, 2.05) is 18.5 Å². The number of pyridine rings is 1. The Morgan fingerprint density at radius 1 is 1.44 bits per heavy atom. The molecular weight excluding hydrogens is 198 g/mol. The van der Waals surface area contributed by atoms with Crippen molar-refractivity contribution in [2.24, 2.45) is 0 Å². The summed E-state index contributed by atoms with van der Waals surface area (Å²) < 4.78 is 0. The Bertz CT molecular complexity index is 321. The van der Waals surface area contributed by atoms with Gasteiger partial charge in [-0.15, -0.1) is 0 Å². The van der Waals surface area contributed by atoms with Gasteiger partial charge in [-0.1, -0.05) is 6.07 Å². The highest BCUT2D eigenvalue weighted by atomic mass is 15.2. The predicted octanol–water partition coefficient (Wildman–Crippen LogP) is 1.66. The van der Waals surface area contributed by atoms with E-state index in [1.54, 1.807) is 0 Å². The smallest absolute Gasteiger partial charge is 0.0312 e. The molecule has 0 unspecified atom stereocenters. The Morgan fingerprint density at radius 2 is 2.31 bits per heavy atom. The van der Waals surface area contributed by atoms with Crippen molar-refractivity contribution >= 4 is 0 Å². The van der Waals surface area contributed by atoms with E-state index in [-0.39, 0.29) is 5.54 Å². The highest BCUT2D eigenvalue weighted by Gasteiger charge is 2.27. The molecule has 2 heterocycles. The largest absolute Gasteiger partial charge is 0.315 e. The lowest BCUT2D eigenvalue weighted by atomic mass is 9.98.